The van der Waals surface area contributed by atoms with E-state index in [0.717, 1.165) is 0 Å². The topological polar surface area (TPSA) is 35.2 Å². The molecule has 0 fully saturated rings. The average molecular weight is 207 g/mol. The third kappa shape index (κ3) is 2.80. The molecule has 2 N–H and O–H groups in total. The zero-order valence-electron chi connectivity index (χ0n) is 10.1. The summed E-state index contributed by atoms with van der Waals surface area (Å²) in [6, 6.07) is 8.36. The Hall–Kier alpha value is -0.860. The summed E-state index contributed by atoms with van der Waals surface area (Å²) >= 11 is 0. The van der Waals surface area contributed by atoms with Crippen molar-refractivity contribution in [3.63, 3.8) is 0 Å². The van der Waals surface area contributed by atoms with Gasteiger partial charge in [0, 0.05) is 18.6 Å². The van der Waals surface area contributed by atoms with Gasteiger partial charge in [-0.3, -0.25) is 0 Å². The molecule has 1 rings (SSSR count). The molecule has 2 heteroatoms. The van der Waals surface area contributed by atoms with E-state index in [2.05, 4.69) is 45.0 Å². The van der Waals surface area contributed by atoms with Crippen LogP contribution in [0.15, 0.2) is 24.3 Å². The summed E-state index contributed by atoms with van der Waals surface area (Å²) in [6.45, 7) is 6.94. The SMILES string of the molecule is COCC(C)C(C)(N)c1cccc(C)c1. The number of methoxy groups -OCH3 is 1. The summed E-state index contributed by atoms with van der Waals surface area (Å²) in [7, 11) is 1.71. The highest BCUT2D eigenvalue weighted by Gasteiger charge is 2.28. The minimum absolute atomic E-state index is 0.296. The lowest BCUT2D eigenvalue weighted by atomic mass is 9.81. The molecule has 84 valence electrons. The molecule has 0 aliphatic rings. The molecular weight excluding hydrogens is 186 g/mol. The summed E-state index contributed by atoms with van der Waals surface area (Å²) in [5.41, 5.74) is 8.44. The maximum absolute atomic E-state index is 6.36. The van der Waals surface area contributed by atoms with Crippen LogP contribution < -0.4 is 5.73 Å². The molecule has 0 bridgehead atoms. The van der Waals surface area contributed by atoms with Gasteiger partial charge in [-0.15, -0.1) is 0 Å². The lowest BCUT2D eigenvalue weighted by molar-refractivity contribution is 0.121. The van der Waals surface area contributed by atoms with E-state index in [4.69, 9.17) is 10.5 Å². The second kappa shape index (κ2) is 4.77. The van der Waals surface area contributed by atoms with Crippen molar-refractivity contribution in [2.24, 2.45) is 11.7 Å². The molecule has 2 atom stereocenters. The van der Waals surface area contributed by atoms with Crippen molar-refractivity contribution in [2.75, 3.05) is 13.7 Å². The largest absolute Gasteiger partial charge is 0.384 e. The number of nitrogens with two attached hydrogens (primary N) is 1. The number of ether oxygens (including phenoxy) is 1. The average Bonchev–Trinajstić information content (AvgIpc) is 2.18. The quantitative estimate of drug-likeness (QED) is 0.823. The summed E-state index contributed by atoms with van der Waals surface area (Å²) in [5, 5.41) is 0. The summed E-state index contributed by atoms with van der Waals surface area (Å²) in [5.74, 6) is 0.296. The van der Waals surface area contributed by atoms with Crippen molar-refractivity contribution in [1.82, 2.24) is 0 Å². The highest BCUT2D eigenvalue weighted by atomic mass is 16.5. The van der Waals surface area contributed by atoms with Crippen molar-refractivity contribution in [3.8, 4) is 0 Å². The molecule has 15 heavy (non-hydrogen) atoms. The molecule has 0 aliphatic carbocycles. The maximum atomic E-state index is 6.36. The van der Waals surface area contributed by atoms with Gasteiger partial charge in [0.05, 0.1) is 6.61 Å². The molecule has 0 radical (unpaired) electrons. The molecule has 0 amide bonds. The monoisotopic (exact) mass is 207 g/mol. The van der Waals surface area contributed by atoms with Crippen LogP contribution in [0, 0.1) is 12.8 Å². The molecule has 1 aromatic rings. The fourth-order valence-electron chi connectivity index (χ4n) is 1.69. The molecule has 2 nitrogen and oxygen atoms in total. The van der Waals surface area contributed by atoms with E-state index < -0.39 is 0 Å². The predicted molar refractivity (Wildman–Crippen MR) is 63.8 cm³/mol. The van der Waals surface area contributed by atoms with Gasteiger partial charge in [-0.1, -0.05) is 36.8 Å². The normalized spacial score (nSPS) is 17.1. The zero-order valence-corrected chi connectivity index (χ0v) is 10.1. The van der Waals surface area contributed by atoms with Crippen molar-refractivity contribution < 1.29 is 4.74 Å². The fourth-order valence-corrected chi connectivity index (χ4v) is 1.69. The van der Waals surface area contributed by atoms with E-state index in [0.29, 0.717) is 12.5 Å². The summed E-state index contributed by atoms with van der Waals surface area (Å²) < 4.78 is 5.16. The summed E-state index contributed by atoms with van der Waals surface area (Å²) in [6.07, 6.45) is 0. The minimum atomic E-state index is -0.331. The minimum Gasteiger partial charge on any atom is -0.384 e. The fraction of sp³-hybridized carbons (Fsp3) is 0.538. The molecule has 0 aromatic heterocycles. The summed E-state index contributed by atoms with van der Waals surface area (Å²) in [4.78, 5) is 0. The van der Waals surface area contributed by atoms with E-state index in [1.165, 1.54) is 11.1 Å². The van der Waals surface area contributed by atoms with Gasteiger partial charge in [-0.25, -0.2) is 0 Å². The first-order valence-electron chi connectivity index (χ1n) is 5.33. The predicted octanol–water partition coefficient (Wildman–Crippen LogP) is 2.45. The van der Waals surface area contributed by atoms with Crippen LogP contribution in [0.25, 0.3) is 0 Å². The third-order valence-electron chi connectivity index (χ3n) is 3.08. The first kappa shape index (κ1) is 12.2. The molecule has 0 aliphatic heterocycles. The smallest absolute Gasteiger partial charge is 0.0508 e. The highest BCUT2D eigenvalue weighted by Crippen LogP contribution is 2.27. The first-order chi connectivity index (χ1) is 6.98. The second-order valence-corrected chi connectivity index (χ2v) is 4.51. The van der Waals surface area contributed by atoms with Crippen LogP contribution in [0.4, 0.5) is 0 Å². The molecule has 0 saturated carbocycles. The van der Waals surface area contributed by atoms with Gasteiger partial charge >= 0.3 is 0 Å². The van der Waals surface area contributed by atoms with Crippen LogP contribution in [-0.4, -0.2) is 13.7 Å². The number of rotatable bonds is 4. The molecule has 0 saturated heterocycles. The van der Waals surface area contributed by atoms with Crippen LogP contribution in [-0.2, 0) is 10.3 Å². The Labute approximate surface area is 92.4 Å². The van der Waals surface area contributed by atoms with Crippen LogP contribution in [0.3, 0.4) is 0 Å². The van der Waals surface area contributed by atoms with Gasteiger partial charge in [0.1, 0.15) is 0 Å². The van der Waals surface area contributed by atoms with E-state index in [9.17, 15) is 0 Å². The number of hydrogen-bond donors (Lipinski definition) is 1. The Morgan fingerprint density at radius 3 is 2.67 bits per heavy atom. The lowest BCUT2D eigenvalue weighted by Gasteiger charge is -2.32. The van der Waals surface area contributed by atoms with Gasteiger partial charge in [0.2, 0.25) is 0 Å². The van der Waals surface area contributed by atoms with Crippen LogP contribution in [0.1, 0.15) is 25.0 Å². The molecule has 0 spiro atoms. The van der Waals surface area contributed by atoms with Gasteiger partial charge in [0.15, 0.2) is 0 Å². The Morgan fingerprint density at radius 2 is 2.13 bits per heavy atom. The number of hydrogen-bond acceptors (Lipinski definition) is 2. The highest BCUT2D eigenvalue weighted by molar-refractivity contribution is 5.28. The van der Waals surface area contributed by atoms with Gasteiger partial charge in [-0.2, -0.15) is 0 Å². The van der Waals surface area contributed by atoms with Crippen LogP contribution >= 0.6 is 0 Å². The Balaban J connectivity index is 2.94. The first-order valence-corrected chi connectivity index (χ1v) is 5.33. The third-order valence-corrected chi connectivity index (χ3v) is 3.08. The molecule has 2 unspecified atom stereocenters. The van der Waals surface area contributed by atoms with Gasteiger partial charge in [-0.05, 0) is 19.4 Å². The number of aryl methyl sites for hydroxylation is 1. The lowest BCUT2D eigenvalue weighted by Crippen LogP contribution is -2.41. The Kier molecular flexibility index (Phi) is 3.89. The molecule has 1 aromatic carbocycles. The van der Waals surface area contributed by atoms with E-state index in [1.807, 2.05) is 0 Å². The Morgan fingerprint density at radius 1 is 1.47 bits per heavy atom. The van der Waals surface area contributed by atoms with Crippen molar-refractivity contribution in [2.45, 2.75) is 26.3 Å². The van der Waals surface area contributed by atoms with Crippen LogP contribution in [0.2, 0.25) is 0 Å². The zero-order chi connectivity index (χ0) is 11.5. The van der Waals surface area contributed by atoms with Crippen molar-refractivity contribution >= 4 is 0 Å². The van der Waals surface area contributed by atoms with E-state index in [-0.39, 0.29) is 5.54 Å². The number of benzene rings is 1. The molecular formula is C13H21NO. The van der Waals surface area contributed by atoms with E-state index in [1.54, 1.807) is 7.11 Å². The second-order valence-electron chi connectivity index (χ2n) is 4.51. The maximum Gasteiger partial charge on any atom is 0.0508 e. The standard InChI is InChI=1S/C13H21NO/c1-10-6-5-7-12(8-10)13(3,14)11(2)9-15-4/h5-8,11H,9,14H2,1-4H3. The van der Waals surface area contributed by atoms with E-state index >= 15 is 0 Å². The molecule has 0 heterocycles. The van der Waals surface area contributed by atoms with Crippen LogP contribution in [0.5, 0.6) is 0 Å². The Bertz CT molecular complexity index is 320. The van der Waals surface area contributed by atoms with Gasteiger partial charge < -0.3 is 10.5 Å². The van der Waals surface area contributed by atoms with Gasteiger partial charge in [0.25, 0.3) is 0 Å². The van der Waals surface area contributed by atoms with Crippen molar-refractivity contribution in [3.05, 3.63) is 35.4 Å². The van der Waals surface area contributed by atoms with Crippen molar-refractivity contribution in [1.29, 1.82) is 0 Å².